The summed E-state index contributed by atoms with van der Waals surface area (Å²) in [5.41, 5.74) is 15.7. The number of rotatable bonds is 9. The Labute approximate surface area is 372 Å². The van der Waals surface area contributed by atoms with Gasteiger partial charge in [0, 0.05) is 33.0 Å². The third-order valence-corrected chi connectivity index (χ3v) is 11.9. The topological polar surface area (TPSA) is 30.7 Å². The number of hydrogen-bond donors (Lipinski definition) is 0. The molecule has 9 aromatic rings. The van der Waals surface area contributed by atoms with Gasteiger partial charge in [0.15, 0.2) is 5.82 Å². The fraction of sp³-hybridized carbons (Fsp3) is 0.133. The van der Waals surface area contributed by atoms with Gasteiger partial charge >= 0.3 is 0 Å². The van der Waals surface area contributed by atoms with Gasteiger partial charge in [0.05, 0.1) is 28.1 Å². The van der Waals surface area contributed by atoms with E-state index in [1.165, 1.54) is 33.0 Å². The molecule has 0 saturated carbocycles. The maximum absolute atomic E-state index is 5.22. The molecule has 0 aliphatic carbocycles. The van der Waals surface area contributed by atoms with Crippen LogP contribution in [0.2, 0.25) is 0 Å². The summed E-state index contributed by atoms with van der Waals surface area (Å²) in [6.45, 7) is 18.6. The summed E-state index contributed by atoms with van der Waals surface area (Å²) < 4.78 is 2.51. The Balaban J connectivity index is 1.39. The van der Waals surface area contributed by atoms with Crippen LogP contribution in [0.15, 0.2) is 201 Å². The van der Waals surface area contributed by atoms with Crippen molar-refractivity contribution in [2.75, 3.05) is 0 Å². The monoisotopic (exact) mass is 815 g/mol. The van der Waals surface area contributed by atoms with Crippen LogP contribution in [0.25, 0.3) is 78.5 Å². The van der Waals surface area contributed by atoms with Crippen LogP contribution in [0.5, 0.6) is 0 Å². The van der Waals surface area contributed by atoms with Crippen LogP contribution in [0.1, 0.15) is 69.5 Å². The molecule has 0 spiro atoms. The van der Waals surface area contributed by atoms with Gasteiger partial charge < -0.3 is 4.57 Å². The summed E-state index contributed by atoms with van der Waals surface area (Å²) >= 11 is 0. The average Bonchev–Trinajstić information content (AvgIpc) is 3.64. The number of aromatic nitrogens is 3. The third kappa shape index (κ3) is 8.48. The van der Waals surface area contributed by atoms with Gasteiger partial charge in [0.1, 0.15) is 0 Å². The number of hydrogen-bond acceptors (Lipinski definition) is 2. The summed E-state index contributed by atoms with van der Waals surface area (Å²) in [5, 5.41) is 2.45. The van der Waals surface area contributed by atoms with Crippen LogP contribution in [0.4, 0.5) is 0 Å². The van der Waals surface area contributed by atoms with Crippen LogP contribution >= 0.6 is 0 Å². The highest BCUT2D eigenvalue weighted by Crippen LogP contribution is 2.45. The molecule has 0 atom stereocenters. The van der Waals surface area contributed by atoms with Crippen molar-refractivity contribution >= 4 is 44.7 Å². The molecule has 0 aliphatic rings. The second-order valence-electron chi connectivity index (χ2n) is 18.4. The minimum absolute atomic E-state index is 0.0448. The van der Waals surface area contributed by atoms with E-state index >= 15 is 0 Å². The van der Waals surface area contributed by atoms with E-state index in [2.05, 4.69) is 210 Å². The molecule has 3 heteroatoms. The predicted molar refractivity (Wildman–Crippen MR) is 269 cm³/mol. The van der Waals surface area contributed by atoms with Crippen molar-refractivity contribution in [2.24, 2.45) is 0 Å². The van der Waals surface area contributed by atoms with Gasteiger partial charge in [-0.2, -0.15) is 0 Å². The quantitative estimate of drug-likeness (QED) is 0.136. The zero-order valence-electron chi connectivity index (χ0n) is 37.1. The molecule has 0 radical (unpaired) electrons. The van der Waals surface area contributed by atoms with E-state index in [4.69, 9.17) is 16.5 Å². The minimum atomic E-state index is -0.0852. The van der Waals surface area contributed by atoms with Gasteiger partial charge in [-0.1, -0.05) is 206 Å². The molecule has 2 heterocycles. The van der Waals surface area contributed by atoms with Gasteiger partial charge in [0.25, 0.3) is 0 Å². The van der Waals surface area contributed by atoms with Gasteiger partial charge in [-0.05, 0) is 86.7 Å². The van der Waals surface area contributed by atoms with Gasteiger partial charge in [0.2, 0.25) is 0 Å². The van der Waals surface area contributed by atoms with E-state index in [1.807, 2.05) is 36.4 Å². The Morgan fingerprint density at radius 3 is 1.67 bits per heavy atom. The minimum Gasteiger partial charge on any atom is -0.308 e. The molecule has 0 fully saturated rings. The van der Waals surface area contributed by atoms with Crippen molar-refractivity contribution < 1.29 is 0 Å². The number of allylic oxidation sites excluding steroid dienone is 4. The van der Waals surface area contributed by atoms with Crippen molar-refractivity contribution in [3.63, 3.8) is 0 Å². The van der Waals surface area contributed by atoms with Crippen molar-refractivity contribution in [1.82, 2.24) is 14.5 Å². The smallest absolute Gasteiger partial charge is 0.160 e. The van der Waals surface area contributed by atoms with E-state index in [9.17, 15) is 0 Å². The molecular weight excluding hydrogens is 763 g/mol. The van der Waals surface area contributed by atoms with E-state index in [0.717, 1.165) is 61.5 Å². The summed E-state index contributed by atoms with van der Waals surface area (Å²) in [4.78, 5) is 10.3. The first kappa shape index (κ1) is 41.0. The summed E-state index contributed by atoms with van der Waals surface area (Å²) in [7, 11) is 0. The molecule has 3 nitrogen and oxygen atoms in total. The maximum Gasteiger partial charge on any atom is 0.160 e. The van der Waals surface area contributed by atoms with Crippen LogP contribution in [-0.4, -0.2) is 14.5 Å². The van der Waals surface area contributed by atoms with Crippen LogP contribution in [0.3, 0.4) is 0 Å². The van der Waals surface area contributed by atoms with E-state index < -0.39 is 0 Å². The number of nitrogens with zero attached hydrogens (tertiary/aromatic N) is 3. The predicted octanol–water partition coefficient (Wildman–Crippen LogP) is 16.0. The first-order valence-corrected chi connectivity index (χ1v) is 21.8. The first-order valence-electron chi connectivity index (χ1n) is 21.8. The lowest BCUT2D eigenvalue weighted by Gasteiger charge is -2.23. The van der Waals surface area contributed by atoms with Gasteiger partial charge in [-0.25, -0.2) is 9.97 Å². The van der Waals surface area contributed by atoms with Crippen molar-refractivity contribution in [2.45, 2.75) is 52.4 Å². The Hall–Kier alpha value is -7.36. The van der Waals surface area contributed by atoms with Gasteiger partial charge in [-0.3, -0.25) is 0 Å². The van der Waals surface area contributed by atoms with Crippen molar-refractivity contribution in [1.29, 1.82) is 0 Å². The molecular formula is C60H53N3. The summed E-state index contributed by atoms with van der Waals surface area (Å²) in [5.74, 6) is 0.655. The Kier molecular flexibility index (Phi) is 11.0. The van der Waals surface area contributed by atoms with E-state index in [-0.39, 0.29) is 10.8 Å². The zero-order valence-corrected chi connectivity index (χ0v) is 37.1. The SMILES string of the molecule is C=C(/C=C(\C(=C\c1ccccc1)n1c2ccc(C(C)(C)C)cc2c2cc(C(C)(C)C)cc(-c3ccccc3)c21)c1ccccc1)c1cc(-c2ccccc2)nc(-c2ccccc2)n1. The summed E-state index contributed by atoms with van der Waals surface area (Å²) in [6, 6.07) is 66.7. The summed E-state index contributed by atoms with van der Waals surface area (Å²) in [6.07, 6.45) is 4.56. The molecule has 0 aliphatic heterocycles. The first-order chi connectivity index (χ1) is 30.4. The second kappa shape index (κ2) is 16.8. The van der Waals surface area contributed by atoms with Crippen LogP contribution < -0.4 is 0 Å². The molecule has 0 amide bonds. The Bertz CT molecular complexity index is 3080. The fourth-order valence-electron chi connectivity index (χ4n) is 8.36. The molecule has 0 unspecified atom stereocenters. The maximum atomic E-state index is 5.22. The highest BCUT2D eigenvalue weighted by Gasteiger charge is 2.26. The van der Waals surface area contributed by atoms with E-state index in [1.54, 1.807) is 0 Å². The molecule has 308 valence electrons. The van der Waals surface area contributed by atoms with Crippen LogP contribution in [0, 0.1) is 0 Å². The lowest BCUT2D eigenvalue weighted by atomic mass is 9.83. The second-order valence-corrected chi connectivity index (χ2v) is 18.4. The average molecular weight is 816 g/mol. The third-order valence-electron chi connectivity index (χ3n) is 11.9. The van der Waals surface area contributed by atoms with Crippen molar-refractivity contribution in [3.05, 3.63) is 229 Å². The molecule has 0 bridgehead atoms. The molecule has 9 rings (SSSR count). The lowest BCUT2D eigenvalue weighted by Crippen LogP contribution is -2.11. The Morgan fingerprint density at radius 1 is 0.524 bits per heavy atom. The van der Waals surface area contributed by atoms with Gasteiger partial charge in [-0.15, -0.1) is 0 Å². The largest absolute Gasteiger partial charge is 0.308 e. The van der Waals surface area contributed by atoms with Crippen molar-refractivity contribution in [3.8, 4) is 33.8 Å². The molecule has 2 aromatic heterocycles. The lowest BCUT2D eigenvalue weighted by molar-refractivity contribution is 0.590. The number of benzene rings is 7. The molecule has 7 aromatic carbocycles. The molecule has 0 N–H and O–H groups in total. The highest BCUT2D eigenvalue weighted by molar-refractivity contribution is 6.20. The highest BCUT2D eigenvalue weighted by atomic mass is 15.0. The van der Waals surface area contributed by atoms with E-state index in [0.29, 0.717) is 5.82 Å². The molecule has 63 heavy (non-hydrogen) atoms. The number of fused-ring (bicyclic) bond motifs is 3. The standard InChI is InChI=1S/C60H53N3/c1-41(53-40-54(45-29-19-11-20-30-45)62-58(61-53)46-31-21-12-22-32-46)35-49(43-25-15-9-16-26-43)56(36-42-23-13-8-14-24-42)63-55-34-33-47(59(2,3)4)37-51(55)52-39-48(60(5,6)7)38-50(57(52)63)44-27-17-10-18-28-44/h8-40H,1H2,2-7H3/b49-35-,56-36-. The molecule has 0 saturated heterocycles. The zero-order chi connectivity index (χ0) is 43.7. The normalized spacial score (nSPS) is 12.5. The Morgan fingerprint density at radius 2 is 1.06 bits per heavy atom. The van der Waals surface area contributed by atoms with Crippen LogP contribution in [-0.2, 0) is 10.8 Å². The fourth-order valence-corrected chi connectivity index (χ4v) is 8.36.